The number of hydrogen-bond acceptors (Lipinski definition) is 3. The highest BCUT2D eigenvalue weighted by Gasteiger charge is 2.54. The van der Waals surface area contributed by atoms with E-state index in [4.69, 9.17) is 10.2 Å². The lowest BCUT2D eigenvalue weighted by molar-refractivity contribution is -0.174. The molecule has 0 aromatic rings. The van der Waals surface area contributed by atoms with Gasteiger partial charge in [0.15, 0.2) is 0 Å². The van der Waals surface area contributed by atoms with Gasteiger partial charge in [0.2, 0.25) is 0 Å². The van der Waals surface area contributed by atoms with E-state index in [1.807, 2.05) is 0 Å². The van der Waals surface area contributed by atoms with Crippen molar-refractivity contribution in [1.29, 1.82) is 0 Å². The Balaban J connectivity index is 3.10. The molecule has 1 fully saturated rings. The van der Waals surface area contributed by atoms with E-state index in [0.29, 0.717) is 12.8 Å². The first-order valence-electron chi connectivity index (χ1n) is 4.90. The Labute approximate surface area is 87.7 Å². The Morgan fingerprint density at radius 1 is 1.33 bits per heavy atom. The number of hydrogen-bond donors (Lipinski definition) is 3. The minimum Gasteiger partial charge on any atom is -0.481 e. The van der Waals surface area contributed by atoms with E-state index in [-0.39, 0.29) is 12.8 Å². The van der Waals surface area contributed by atoms with Crippen molar-refractivity contribution in [1.82, 2.24) is 0 Å². The summed E-state index contributed by atoms with van der Waals surface area (Å²) in [6.07, 6.45) is 0.357. The molecule has 1 saturated carbocycles. The highest BCUT2D eigenvalue weighted by molar-refractivity contribution is 5.84. The van der Waals surface area contributed by atoms with Crippen LogP contribution in [0, 0.1) is 18.3 Å². The van der Waals surface area contributed by atoms with Gasteiger partial charge in [-0.15, -0.1) is 0 Å². The number of rotatable bonds is 3. The van der Waals surface area contributed by atoms with E-state index in [2.05, 4.69) is 6.92 Å². The number of carboxylic acid groups (broad SMARTS) is 2. The van der Waals surface area contributed by atoms with Gasteiger partial charge in [-0.05, 0) is 19.8 Å². The first-order chi connectivity index (χ1) is 6.93. The average molecular weight is 215 g/mol. The molecule has 0 saturated heterocycles. The van der Waals surface area contributed by atoms with Crippen molar-refractivity contribution < 1.29 is 24.9 Å². The maximum Gasteiger partial charge on any atom is 0.313 e. The molecule has 0 aromatic heterocycles. The molecule has 3 unspecified atom stereocenters. The van der Waals surface area contributed by atoms with Gasteiger partial charge in [-0.3, -0.25) is 9.59 Å². The fourth-order valence-corrected chi connectivity index (χ4v) is 2.34. The van der Waals surface area contributed by atoms with Crippen LogP contribution in [-0.4, -0.2) is 33.4 Å². The van der Waals surface area contributed by atoms with Gasteiger partial charge in [0.05, 0.1) is 12.0 Å². The van der Waals surface area contributed by atoms with Crippen molar-refractivity contribution >= 4 is 11.9 Å². The SMILES string of the molecule is [CH2]C(O)C1(C(=O)O)CCCCC1C(=O)O. The summed E-state index contributed by atoms with van der Waals surface area (Å²) in [5, 5.41) is 27.5. The lowest BCUT2D eigenvalue weighted by Gasteiger charge is -2.40. The second kappa shape index (κ2) is 4.18. The van der Waals surface area contributed by atoms with Crippen molar-refractivity contribution in [3.63, 3.8) is 0 Å². The molecule has 5 heteroatoms. The lowest BCUT2D eigenvalue weighted by atomic mass is 9.63. The first-order valence-corrected chi connectivity index (χ1v) is 4.90. The Kier molecular flexibility index (Phi) is 3.34. The van der Waals surface area contributed by atoms with Crippen molar-refractivity contribution in [3.8, 4) is 0 Å². The highest BCUT2D eigenvalue weighted by Crippen LogP contribution is 2.44. The summed E-state index contributed by atoms with van der Waals surface area (Å²) in [6.45, 7) is 3.30. The van der Waals surface area contributed by atoms with Gasteiger partial charge in [-0.1, -0.05) is 12.8 Å². The number of carboxylic acids is 2. The second-order valence-corrected chi connectivity index (χ2v) is 4.00. The van der Waals surface area contributed by atoms with Crippen molar-refractivity contribution in [2.24, 2.45) is 11.3 Å². The lowest BCUT2D eigenvalue weighted by Crippen LogP contribution is -2.51. The Morgan fingerprint density at radius 2 is 1.93 bits per heavy atom. The van der Waals surface area contributed by atoms with Crippen molar-refractivity contribution in [2.45, 2.75) is 31.8 Å². The van der Waals surface area contributed by atoms with Crippen LogP contribution in [0.25, 0.3) is 0 Å². The zero-order chi connectivity index (χ0) is 11.6. The molecule has 5 nitrogen and oxygen atoms in total. The third-order valence-electron chi connectivity index (χ3n) is 3.25. The summed E-state index contributed by atoms with van der Waals surface area (Å²) in [7, 11) is 0. The topological polar surface area (TPSA) is 94.8 Å². The number of aliphatic carboxylic acids is 2. The van der Waals surface area contributed by atoms with Crippen LogP contribution < -0.4 is 0 Å². The fourth-order valence-electron chi connectivity index (χ4n) is 2.34. The van der Waals surface area contributed by atoms with Gasteiger partial charge < -0.3 is 15.3 Å². The van der Waals surface area contributed by atoms with Crippen LogP contribution in [0.4, 0.5) is 0 Å². The van der Waals surface area contributed by atoms with Gasteiger partial charge >= 0.3 is 11.9 Å². The highest BCUT2D eigenvalue weighted by atomic mass is 16.4. The van der Waals surface area contributed by atoms with Crippen LogP contribution in [0.3, 0.4) is 0 Å². The summed E-state index contributed by atoms with van der Waals surface area (Å²) in [5.41, 5.74) is -1.62. The molecular weight excluding hydrogens is 200 g/mol. The van der Waals surface area contributed by atoms with Crippen LogP contribution in [0.1, 0.15) is 25.7 Å². The van der Waals surface area contributed by atoms with Crippen molar-refractivity contribution in [2.75, 3.05) is 0 Å². The normalized spacial score (nSPS) is 33.3. The molecule has 0 aromatic carbocycles. The molecule has 0 bridgehead atoms. The molecule has 3 atom stereocenters. The molecule has 1 aliphatic rings. The van der Waals surface area contributed by atoms with E-state index in [9.17, 15) is 14.7 Å². The minimum absolute atomic E-state index is 0.171. The zero-order valence-corrected chi connectivity index (χ0v) is 8.35. The van der Waals surface area contributed by atoms with Crippen LogP contribution in [0.15, 0.2) is 0 Å². The molecule has 0 spiro atoms. The Hall–Kier alpha value is -1.10. The fraction of sp³-hybridized carbons (Fsp3) is 0.700. The molecule has 1 aliphatic carbocycles. The standard InChI is InChI=1S/C10H15O5/c1-6(11)10(9(14)15)5-3-2-4-7(10)8(12)13/h6-7,11H,1-5H2,(H,12,13)(H,14,15). The van der Waals surface area contributed by atoms with E-state index in [0.717, 1.165) is 0 Å². The number of carbonyl (C=O) groups is 2. The summed E-state index contributed by atoms with van der Waals surface area (Å²) in [6, 6.07) is 0. The summed E-state index contributed by atoms with van der Waals surface area (Å²) in [5.74, 6) is -3.48. The Morgan fingerprint density at radius 3 is 2.27 bits per heavy atom. The van der Waals surface area contributed by atoms with E-state index in [1.54, 1.807) is 0 Å². The van der Waals surface area contributed by atoms with Gasteiger partial charge in [0.1, 0.15) is 5.41 Å². The molecule has 1 rings (SSSR count). The zero-order valence-electron chi connectivity index (χ0n) is 8.35. The molecule has 85 valence electrons. The molecular formula is C10H15O5. The summed E-state index contributed by atoms with van der Waals surface area (Å²) in [4.78, 5) is 22.1. The quantitative estimate of drug-likeness (QED) is 0.638. The van der Waals surface area contributed by atoms with Gasteiger partial charge in [0, 0.05) is 0 Å². The molecule has 0 aliphatic heterocycles. The smallest absolute Gasteiger partial charge is 0.313 e. The molecule has 0 heterocycles. The third kappa shape index (κ3) is 1.84. The summed E-state index contributed by atoms with van der Waals surface area (Å²) < 4.78 is 0. The summed E-state index contributed by atoms with van der Waals surface area (Å²) >= 11 is 0. The second-order valence-electron chi connectivity index (χ2n) is 4.00. The van der Waals surface area contributed by atoms with Crippen LogP contribution in [0.2, 0.25) is 0 Å². The third-order valence-corrected chi connectivity index (χ3v) is 3.25. The maximum absolute atomic E-state index is 11.2. The van der Waals surface area contributed by atoms with Crippen LogP contribution >= 0.6 is 0 Å². The Bertz CT molecular complexity index is 273. The monoisotopic (exact) mass is 215 g/mol. The van der Waals surface area contributed by atoms with Crippen LogP contribution in [-0.2, 0) is 9.59 Å². The van der Waals surface area contributed by atoms with E-state index >= 15 is 0 Å². The number of aliphatic hydroxyl groups is 1. The van der Waals surface area contributed by atoms with Gasteiger partial charge in [-0.2, -0.15) is 0 Å². The van der Waals surface area contributed by atoms with Gasteiger partial charge in [0.25, 0.3) is 0 Å². The van der Waals surface area contributed by atoms with Crippen LogP contribution in [0.5, 0.6) is 0 Å². The number of aliphatic hydroxyl groups excluding tert-OH is 1. The predicted molar refractivity (Wildman–Crippen MR) is 51.0 cm³/mol. The van der Waals surface area contributed by atoms with E-state index < -0.39 is 29.4 Å². The van der Waals surface area contributed by atoms with Gasteiger partial charge in [-0.25, -0.2) is 0 Å². The molecule has 15 heavy (non-hydrogen) atoms. The molecule has 0 amide bonds. The largest absolute Gasteiger partial charge is 0.481 e. The maximum atomic E-state index is 11.2. The first kappa shape index (κ1) is 12.0. The predicted octanol–water partition coefficient (Wildman–Crippen LogP) is 0.527. The average Bonchev–Trinajstić information content (AvgIpc) is 2.16. The van der Waals surface area contributed by atoms with E-state index in [1.165, 1.54) is 0 Å². The molecule has 1 radical (unpaired) electrons. The molecule has 3 N–H and O–H groups in total. The van der Waals surface area contributed by atoms with Crippen molar-refractivity contribution in [3.05, 3.63) is 6.92 Å². The minimum atomic E-state index is -1.62.